The first-order valence-corrected chi connectivity index (χ1v) is 6.90. The Morgan fingerprint density at radius 2 is 2.22 bits per heavy atom. The summed E-state index contributed by atoms with van der Waals surface area (Å²) in [4.78, 5) is 24.2. The van der Waals surface area contributed by atoms with Gasteiger partial charge in [0.15, 0.2) is 0 Å². The van der Waals surface area contributed by atoms with Gasteiger partial charge in [-0.05, 0) is 25.1 Å². The number of carbonyl (C=O) groups excluding carboxylic acids is 2. The first-order valence-electron chi connectivity index (χ1n) is 6.90. The molecule has 1 heterocycles. The third-order valence-electron chi connectivity index (χ3n) is 3.15. The molecule has 0 aliphatic carbocycles. The second-order valence-corrected chi connectivity index (χ2v) is 4.93. The van der Waals surface area contributed by atoms with E-state index in [0.717, 1.165) is 10.9 Å². The minimum atomic E-state index is -0.282. The summed E-state index contributed by atoms with van der Waals surface area (Å²) in [7, 11) is 3.13. The Bertz CT molecular complexity index is 777. The summed E-state index contributed by atoms with van der Waals surface area (Å²) in [6, 6.07) is 3.45. The lowest BCUT2D eigenvalue weighted by molar-refractivity contribution is -0.114. The fourth-order valence-electron chi connectivity index (χ4n) is 1.96. The molecule has 0 aliphatic heterocycles. The highest BCUT2D eigenvalue weighted by molar-refractivity contribution is 6.01. The highest BCUT2D eigenvalue weighted by atomic mass is 16.5. The summed E-state index contributed by atoms with van der Waals surface area (Å²) in [5, 5.41) is 10.4. The summed E-state index contributed by atoms with van der Waals surface area (Å²) in [6.45, 7) is 1.76. The van der Waals surface area contributed by atoms with Crippen molar-refractivity contribution >= 4 is 23.2 Å². The van der Waals surface area contributed by atoms with Crippen LogP contribution in [-0.4, -0.2) is 41.6 Å². The van der Waals surface area contributed by atoms with E-state index in [0.29, 0.717) is 23.4 Å². The first kappa shape index (κ1) is 16.3. The molecule has 0 aliphatic rings. The quantitative estimate of drug-likeness (QED) is 0.629. The molecule has 0 atom stereocenters. The predicted molar refractivity (Wildman–Crippen MR) is 86.8 cm³/mol. The van der Waals surface area contributed by atoms with Gasteiger partial charge < -0.3 is 15.0 Å². The number of nitrogens with one attached hydrogen (secondary N) is 2. The first-order chi connectivity index (χ1) is 11.0. The number of methoxy groups -OCH3 is 1. The highest BCUT2D eigenvalue weighted by Gasteiger charge is 2.14. The summed E-state index contributed by atoms with van der Waals surface area (Å²) in [6.07, 6.45) is 7.28. The molecule has 0 unspecified atom stereocenters. The molecule has 0 saturated carbocycles. The van der Waals surface area contributed by atoms with E-state index in [4.69, 9.17) is 4.74 Å². The van der Waals surface area contributed by atoms with Crippen LogP contribution in [0.4, 0.5) is 0 Å². The van der Waals surface area contributed by atoms with Gasteiger partial charge in [0.05, 0.1) is 24.4 Å². The van der Waals surface area contributed by atoms with Gasteiger partial charge in [0.2, 0.25) is 6.41 Å². The van der Waals surface area contributed by atoms with Crippen LogP contribution in [0.25, 0.3) is 10.9 Å². The van der Waals surface area contributed by atoms with E-state index < -0.39 is 0 Å². The second kappa shape index (κ2) is 7.26. The van der Waals surface area contributed by atoms with E-state index in [1.807, 2.05) is 0 Å². The van der Waals surface area contributed by atoms with Crippen LogP contribution in [0.3, 0.4) is 0 Å². The van der Waals surface area contributed by atoms with E-state index in [1.54, 1.807) is 50.7 Å². The number of ether oxygens (including phenoxy) is 1. The van der Waals surface area contributed by atoms with Crippen molar-refractivity contribution in [3.8, 4) is 5.75 Å². The number of nitrogens with zero attached hydrogens (tertiary/aromatic N) is 2. The Morgan fingerprint density at radius 3 is 2.91 bits per heavy atom. The Balaban J connectivity index is 2.18. The van der Waals surface area contributed by atoms with Crippen molar-refractivity contribution in [1.29, 1.82) is 0 Å². The summed E-state index contributed by atoms with van der Waals surface area (Å²) < 4.78 is 5.27. The van der Waals surface area contributed by atoms with E-state index in [1.165, 1.54) is 12.0 Å². The zero-order valence-corrected chi connectivity index (χ0v) is 13.2. The van der Waals surface area contributed by atoms with Crippen molar-refractivity contribution in [3.05, 3.63) is 47.9 Å². The third kappa shape index (κ3) is 3.97. The summed E-state index contributed by atoms with van der Waals surface area (Å²) in [5.41, 5.74) is 1.86. The lowest BCUT2D eigenvalue weighted by Crippen LogP contribution is -2.22. The van der Waals surface area contributed by atoms with Gasteiger partial charge in [0, 0.05) is 30.4 Å². The maximum absolute atomic E-state index is 12.4. The number of hydrogen-bond acceptors (Lipinski definition) is 4. The molecule has 120 valence electrons. The number of carbonyl (C=O) groups is 2. The Hall–Kier alpha value is -3.09. The number of benzene rings is 1. The number of rotatable bonds is 6. The molecule has 2 rings (SSSR count). The Morgan fingerprint density at radius 1 is 1.43 bits per heavy atom. The minimum Gasteiger partial charge on any atom is -0.496 e. The Labute approximate surface area is 133 Å². The smallest absolute Gasteiger partial charge is 0.259 e. The Kier molecular flexibility index (Phi) is 5.14. The van der Waals surface area contributed by atoms with Crippen LogP contribution in [0.15, 0.2) is 42.4 Å². The average molecular weight is 314 g/mol. The van der Waals surface area contributed by atoms with Crippen molar-refractivity contribution in [2.24, 2.45) is 0 Å². The predicted octanol–water partition coefficient (Wildman–Crippen LogP) is 1.81. The topological polar surface area (TPSA) is 87.3 Å². The van der Waals surface area contributed by atoms with E-state index in [-0.39, 0.29) is 5.91 Å². The minimum absolute atomic E-state index is 0.282. The summed E-state index contributed by atoms with van der Waals surface area (Å²) in [5.74, 6) is 0.180. The monoisotopic (exact) mass is 314 g/mol. The number of allylic oxidation sites excluding steroid dienone is 3. The average Bonchev–Trinajstić information content (AvgIpc) is 3.00. The van der Waals surface area contributed by atoms with Crippen LogP contribution in [0.1, 0.15) is 17.3 Å². The van der Waals surface area contributed by atoms with Gasteiger partial charge in [0.1, 0.15) is 5.75 Å². The van der Waals surface area contributed by atoms with E-state index in [2.05, 4.69) is 15.5 Å². The number of amides is 2. The van der Waals surface area contributed by atoms with Crippen LogP contribution in [-0.2, 0) is 4.79 Å². The normalized spacial score (nSPS) is 11.7. The van der Waals surface area contributed by atoms with Gasteiger partial charge in [0.25, 0.3) is 5.91 Å². The van der Waals surface area contributed by atoms with Crippen molar-refractivity contribution in [2.45, 2.75) is 6.92 Å². The lowest BCUT2D eigenvalue weighted by Gasteiger charge is -2.09. The molecule has 2 N–H and O–H groups in total. The molecule has 2 amide bonds. The van der Waals surface area contributed by atoms with Gasteiger partial charge in [-0.25, -0.2) is 0 Å². The molecule has 1 aromatic carbocycles. The number of hydrogen-bond donors (Lipinski definition) is 2. The third-order valence-corrected chi connectivity index (χ3v) is 3.15. The maximum atomic E-state index is 12.4. The van der Waals surface area contributed by atoms with Crippen molar-refractivity contribution in [1.82, 2.24) is 20.4 Å². The molecule has 0 spiro atoms. The van der Waals surface area contributed by atoms with Gasteiger partial charge in [-0.15, -0.1) is 0 Å². The molecule has 0 bridgehead atoms. The van der Waals surface area contributed by atoms with Gasteiger partial charge in [-0.1, -0.05) is 0 Å². The molecule has 0 radical (unpaired) electrons. The van der Waals surface area contributed by atoms with Crippen LogP contribution in [0.5, 0.6) is 5.75 Å². The molecule has 7 nitrogen and oxygen atoms in total. The van der Waals surface area contributed by atoms with E-state index >= 15 is 0 Å². The van der Waals surface area contributed by atoms with Crippen molar-refractivity contribution < 1.29 is 14.3 Å². The van der Waals surface area contributed by atoms with Crippen LogP contribution < -0.4 is 10.1 Å². The largest absolute Gasteiger partial charge is 0.496 e. The van der Waals surface area contributed by atoms with Crippen LogP contribution >= 0.6 is 0 Å². The van der Waals surface area contributed by atoms with Gasteiger partial charge in [-0.2, -0.15) is 5.10 Å². The number of aromatic nitrogens is 2. The van der Waals surface area contributed by atoms with Crippen LogP contribution in [0.2, 0.25) is 0 Å². The van der Waals surface area contributed by atoms with E-state index in [9.17, 15) is 9.59 Å². The zero-order chi connectivity index (χ0) is 16.8. The van der Waals surface area contributed by atoms with Crippen molar-refractivity contribution in [2.75, 3.05) is 14.2 Å². The van der Waals surface area contributed by atoms with Gasteiger partial charge >= 0.3 is 0 Å². The molecular formula is C16H18N4O3. The molecule has 0 saturated heterocycles. The number of aromatic amines is 1. The summed E-state index contributed by atoms with van der Waals surface area (Å²) >= 11 is 0. The fraction of sp³-hybridized carbons (Fsp3) is 0.188. The molecule has 1 aromatic heterocycles. The number of fused-ring (bicyclic) bond motifs is 1. The molecular weight excluding hydrogens is 296 g/mol. The van der Waals surface area contributed by atoms with Gasteiger partial charge in [-0.3, -0.25) is 14.7 Å². The molecule has 2 aromatic rings. The molecule has 0 fully saturated rings. The SMILES string of the molecule is COc1cc2[nH]ncc2cc1C(=O)N/C(C)=C/C=C\N(C)C=O. The molecule has 7 heteroatoms. The zero-order valence-electron chi connectivity index (χ0n) is 13.2. The maximum Gasteiger partial charge on any atom is 0.259 e. The fourth-order valence-corrected chi connectivity index (χ4v) is 1.96. The molecule has 23 heavy (non-hydrogen) atoms. The number of H-pyrrole nitrogens is 1. The highest BCUT2D eigenvalue weighted by Crippen LogP contribution is 2.24. The van der Waals surface area contributed by atoms with Crippen LogP contribution in [0, 0.1) is 0 Å². The lowest BCUT2D eigenvalue weighted by atomic mass is 10.1. The second-order valence-electron chi connectivity index (χ2n) is 4.93. The van der Waals surface area contributed by atoms with Crippen molar-refractivity contribution in [3.63, 3.8) is 0 Å². The standard InChI is InChI=1S/C16H18N4O3/c1-11(5-4-6-20(2)10-21)18-16(22)13-7-12-9-17-19-14(12)8-15(13)23-3/h4-10H,1-3H3,(H,17,19)(H,18,22)/b6-4-,11-5+.